The maximum absolute atomic E-state index is 3.92. The Morgan fingerprint density at radius 3 is 2.30 bits per heavy atom. The topological polar surface area (TPSA) is 0 Å². The van der Waals surface area contributed by atoms with E-state index in [-0.39, 0.29) is 0 Å². The number of rotatable bonds is 4. The summed E-state index contributed by atoms with van der Waals surface area (Å²) in [7, 11) is 0. The molecule has 0 N–H and O–H groups in total. The van der Waals surface area contributed by atoms with Crippen molar-refractivity contribution in [1.29, 1.82) is 0 Å². The van der Waals surface area contributed by atoms with E-state index in [1.807, 2.05) is 0 Å². The van der Waals surface area contributed by atoms with Crippen LogP contribution in [0, 0.1) is 18.8 Å². The van der Waals surface area contributed by atoms with Gasteiger partial charge < -0.3 is 0 Å². The van der Waals surface area contributed by atoms with E-state index < -0.39 is 0 Å². The third kappa shape index (κ3) is 7.74. The van der Waals surface area contributed by atoms with Crippen molar-refractivity contribution in [2.75, 3.05) is 0 Å². The SMILES string of the molecule is [CH2]C(C)CCC=CC(C)C. The molecule has 10 heavy (non-hydrogen) atoms. The van der Waals surface area contributed by atoms with Gasteiger partial charge in [0.05, 0.1) is 0 Å². The predicted molar refractivity (Wildman–Crippen MR) is 47.7 cm³/mol. The molecule has 0 aromatic carbocycles. The summed E-state index contributed by atoms with van der Waals surface area (Å²) in [5.41, 5.74) is 0. The van der Waals surface area contributed by atoms with Crippen LogP contribution in [0.15, 0.2) is 12.2 Å². The van der Waals surface area contributed by atoms with E-state index in [0.29, 0.717) is 11.8 Å². The monoisotopic (exact) mass is 139 g/mol. The van der Waals surface area contributed by atoms with Crippen LogP contribution in [-0.2, 0) is 0 Å². The van der Waals surface area contributed by atoms with Crippen molar-refractivity contribution in [3.8, 4) is 0 Å². The molecule has 59 valence electrons. The van der Waals surface area contributed by atoms with Crippen LogP contribution in [0.3, 0.4) is 0 Å². The van der Waals surface area contributed by atoms with Crippen LogP contribution >= 0.6 is 0 Å². The second-order valence-corrected chi connectivity index (χ2v) is 3.35. The fourth-order valence-corrected chi connectivity index (χ4v) is 0.749. The van der Waals surface area contributed by atoms with Crippen molar-refractivity contribution >= 4 is 0 Å². The second kappa shape index (κ2) is 5.52. The van der Waals surface area contributed by atoms with Gasteiger partial charge in [0.25, 0.3) is 0 Å². The van der Waals surface area contributed by atoms with Crippen LogP contribution in [0.5, 0.6) is 0 Å². The summed E-state index contributed by atoms with van der Waals surface area (Å²) < 4.78 is 0. The third-order valence-electron chi connectivity index (χ3n) is 1.35. The average molecular weight is 139 g/mol. The zero-order valence-electron chi connectivity index (χ0n) is 7.43. The van der Waals surface area contributed by atoms with Gasteiger partial charge in [-0.2, -0.15) is 0 Å². The van der Waals surface area contributed by atoms with Crippen LogP contribution in [0.4, 0.5) is 0 Å². The summed E-state index contributed by atoms with van der Waals surface area (Å²) in [4.78, 5) is 0. The van der Waals surface area contributed by atoms with Gasteiger partial charge in [-0.15, -0.1) is 0 Å². The molecule has 0 fully saturated rings. The standard InChI is InChI=1S/C10H19/c1-9(2)7-5-6-8-10(3)4/h6,8-10H,1,5,7H2,2-4H3. The molecule has 0 rings (SSSR count). The van der Waals surface area contributed by atoms with Gasteiger partial charge in [0, 0.05) is 0 Å². The van der Waals surface area contributed by atoms with Gasteiger partial charge in [-0.3, -0.25) is 0 Å². The fraction of sp³-hybridized carbons (Fsp3) is 0.700. The molecular formula is C10H19. The molecular weight excluding hydrogens is 120 g/mol. The molecule has 1 unspecified atom stereocenters. The van der Waals surface area contributed by atoms with Crippen molar-refractivity contribution in [1.82, 2.24) is 0 Å². The van der Waals surface area contributed by atoms with Gasteiger partial charge in [0.1, 0.15) is 0 Å². The first-order valence-corrected chi connectivity index (χ1v) is 4.12. The maximum Gasteiger partial charge on any atom is -0.0290 e. The molecule has 0 aliphatic rings. The fourth-order valence-electron chi connectivity index (χ4n) is 0.749. The van der Waals surface area contributed by atoms with Gasteiger partial charge in [-0.25, -0.2) is 0 Å². The summed E-state index contributed by atoms with van der Waals surface area (Å²) in [5.74, 6) is 1.29. The molecule has 0 aromatic rings. The van der Waals surface area contributed by atoms with Gasteiger partial charge >= 0.3 is 0 Å². The Balaban J connectivity index is 3.19. The molecule has 0 amide bonds. The van der Waals surface area contributed by atoms with E-state index in [1.165, 1.54) is 12.8 Å². The van der Waals surface area contributed by atoms with Crippen LogP contribution in [-0.4, -0.2) is 0 Å². The van der Waals surface area contributed by atoms with Crippen LogP contribution < -0.4 is 0 Å². The Labute approximate surface area is 65.3 Å². The number of hydrogen-bond donors (Lipinski definition) is 0. The first-order chi connectivity index (χ1) is 4.63. The average Bonchev–Trinajstić information content (AvgIpc) is 1.79. The quantitative estimate of drug-likeness (QED) is 0.523. The van der Waals surface area contributed by atoms with Crippen LogP contribution in [0.2, 0.25) is 0 Å². The normalized spacial score (nSPS) is 12.2. The van der Waals surface area contributed by atoms with Crippen molar-refractivity contribution in [2.24, 2.45) is 11.8 Å². The highest BCUT2D eigenvalue weighted by atomic mass is 14.0. The summed E-state index contributed by atoms with van der Waals surface area (Å²) in [6.45, 7) is 10.5. The molecule has 0 bridgehead atoms. The predicted octanol–water partition coefficient (Wildman–Crippen LogP) is 3.45. The second-order valence-electron chi connectivity index (χ2n) is 3.35. The number of allylic oxidation sites excluding steroid dienone is 2. The molecule has 0 nitrogen and oxygen atoms in total. The minimum Gasteiger partial charge on any atom is -0.0883 e. The molecule has 0 aliphatic carbocycles. The van der Waals surface area contributed by atoms with E-state index >= 15 is 0 Å². The molecule has 0 aliphatic heterocycles. The number of hydrogen-bond acceptors (Lipinski definition) is 0. The highest BCUT2D eigenvalue weighted by Gasteiger charge is 1.89. The Morgan fingerprint density at radius 1 is 1.30 bits per heavy atom. The van der Waals surface area contributed by atoms with Crippen molar-refractivity contribution in [3.05, 3.63) is 19.1 Å². The summed E-state index contributed by atoms with van der Waals surface area (Å²) in [6.07, 6.45) is 6.90. The minimum absolute atomic E-state index is 0.594. The molecule has 0 saturated carbocycles. The summed E-state index contributed by atoms with van der Waals surface area (Å²) >= 11 is 0. The smallest absolute Gasteiger partial charge is 0.0290 e. The lowest BCUT2D eigenvalue weighted by molar-refractivity contribution is 0.651. The lowest BCUT2D eigenvalue weighted by Crippen LogP contribution is -1.85. The summed E-state index contributed by atoms with van der Waals surface area (Å²) in [6, 6.07) is 0. The Morgan fingerprint density at radius 2 is 1.90 bits per heavy atom. The largest absolute Gasteiger partial charge is 0.0883 e. The van der Waals surface area contributed by atoms with E-state index in [4.69, 9.17) is 0 Å². The van der Waals surface area contributed by atoms with Crippen LogP contribution in [0.25, 0.3) is 0 Å². The lowest BCUT2D eigenvalue weighted by Gasteiger charge is -1.99. The first-order valence-electron chi connectivity index (χ1n) is 4.12. The molecule has 0 aromatic heterocycles. The van der Waals surface area contributed by atoms with Gasteiger partial charge in [0.2, 0.25) is 0 Å². The Hall–Kier alpha value is -0.260. The summed E-state index contributed by atoms with van der Waals surface area (Å²) in [5, 5.41) is 0. The van der Waals surface area contributed by atoms with Crippen LogP contribution in [0.1, 0.15) is 33.6 Å². The zero-order valence-corrected chi connectivity index (χ0v) is 7.43. The van der Waals surface area contributed by atoms with Gasteiger partial charge in [-0.05, 0) is 24.7 Å². The van der Waals surface area contributed by atoms with Gasteiger partial charge in [-0.1, -0.05) is 39.8 Å². The molecule has 0 heterocycles. The molecule has 0 spiro atoms. The Bertz CT molecular complexity index is 88.2. The van der Waals surface area contributed by atoms with Gasteiger partial charge in [0.15, 0.2) is 0 Å². The Kier molecular flexibility index (Phi) is 5.38. The van der Waals surface area contributed by atoms with E-state index in [0.717, 1.165) is 0 Å². The van der Waals surface area contributed by atoms with E-state index in [2.05, 4.69) is 39.8 Å². The molecule has 1 radical (unpaired) electrons. The molecule has 0 saturated heterocycles. The van der Waals surface area contributed by atoms with Crippen molar-refractivity contribution in [2.45, 2.75) is 33.6 Å². The zero-order chi connectivity index (χ0) is 7.98. The minimum atomic E-state index is 0.594. The highest BCUT2D eigenvalue weighted by Crippen LogP contribution is 2.04. The molecule has 1 atom stereocenters. The highest BCUT2D eigenvalue weighted by molar-refractivity contribution is 4.84. The maximum atomic E-state index is 3.92. The van der Waals surface area contributed by atoms with Crippen molar-refractivity contribution < 1.29 is 0 Å². The van der Waals surface area contributed by atoms with E-state index in [1.54, 1.807) is 0 Å². The molecule has 0 heteroatoms. The first kappa shape index (κ1) is 9.74. The van der Waals surface area contributed by atoms with E-state index in [9.17, 15) is 0 Å². The third-order valence-corrected chi connectivity index (χ3v) is 1.35. The van der Waals surface area contributed by atoms with Crippen molar-refractivity contribution in [3.63, 3.8) is 0 Å². The lowest BCUT2D eigenvalue weighted by atomic mass is 10.1.